The van der Waals surface area contributed by atoms with E-state index in [0.717, 1.165) is 43.5 Å². The molecule has 6 nitrogen and oxygen atoms in total. The lowest BCUT2D eigenvalue weighted by Gasteiger charge is -2.13. The van der Waals surface area contributed by atoms with Gasteiger partial charge < -0.3 is 10.1 Å². The molecule has 0 saturated heterocycles. The number of ether oxygens (including phenoxy) is 1. The summed E-state index contributed by atoms with van der Waals surface area (Å²) in [6.07, 6.45) is 1.53. The number of benzene rings is 2. The lowest BCUT2D eigenvalue weighted by molar-refractivity contribution is -0.115. The summed E-state index contributed by atoms with van der Waals surface area (Å²) in [6.45, 7) is 3.84. The third-order valence-corrected chi connectivity index (χ3v) is 6.72. The minimum atomic E-state index is -0.325. The SMILES string of the molecule is COc1ccc(-c2nsc3c(SC(C)C(=O)Nc4ccccc4C)ncnc23)cc1. The van der Waals surface area contributed by atoms with Gasteiger partial charge in [0.25, 0.3) is 0 Å². The van der Waals surface area contributed by atoms with E-state index < -0.39 is 0 Å². The van der Waals surface area contributed by atoms with E-state index in [1.807, 2.05) is 62.4 Å². The van der Waals surface area contributed by atoms with Gasteiger partial charge in [-0.3, -0.25) is 4.79 Å². The Morgan fingerprint density at radius 3 is 2.63 bits per heavy atom. The van der Waals surface area contributed by atoms with Crippen LogP contribution in [0.5, 0.6) is 5.75 Å². The van der Waals surface area contributed by atoms with Crippen molar-refractivity contribution in [3.63, 3.8) is 0 Å². The van der Waals surface area contributed by atoms with Crippen LogP contribution in [0.25, 0.3) is 21.5 Å². The highest BCUT2D eigenvalue weighted by molar-refractivity contribution is 8.00. The average Bonchev–Trinajstić information content (AvgIpc) is 3.20. The fourth-order valence-corrected chi connectivity index (χ4v) is 4.74. The maximum absolute atomic E-state index is 12.7. The molecule has 30 heavy (non-hydrogen) atoms. The molecule has 1 amide bonds. The van der Waals surface area contributed by atoms with E-state index >= 15 is 0 Å². The predicted molar refractivity (Wildman–Crippen MR) is 122 cm³/mol. The Balaban J connectivity index is 1.56. The Morgan fingerprint density at radius 2 is 1.90 bits per heavy atom. The minimum Gasteiger partial charge on any atom is -0.497 e. The molecule has 4 aromatic rings. The van der Waals surface area contributed by atoms with Crippen LogP contribution in [0.4, 0.5) is 5.69 Å². The van der Waals surface area contributed by atoms with Crippen molar-refractivity contribution in [3.05, 3.63) is 60.4 Å². The molecule has 1 unspecified atom stereocenters. The lowest BCUT2D eigenvalue weighted by atomic mass is 10.1. The molecule has 0 aliphatic heterocycles. The molecule has 0 fully saturated rings. The second-order valence-electron chi connectivity index (χ2n) is 6.68. The smallest absolute Gasteiger partial charge is 0.237 e. The zero-order valence-corrected chi connectivity index (χ0v) is 18.4. The number of fused-ring (bicyclic) bond motifs is 1. The van der Waals surface area contributed by atoms with E-state index in [0.29, 0.717) is 0 Å². The number of rotatable bonds is 6. The number of amides is 1. The van der Waals surface area contributed by atoms with Gasteiger partial charge in [0, 0.05) is 11.3 Å². The zero-order chi connectivity index (χ0) is 21.1. The quantitative estimate of drug-likeness (QED) is 0.331. The Bertz CT molecular complexity index is 1190. The van der Waals surface area contributed by atoms with Crippen LogP contribution < -0.4 is 10.1 Å². The highest BCUT2D eigenvalue weighted by Crippen LogP contribution is 2.36. The second-order valence-corrected chi connectivity index (χ2v) is 8.78. The molecular formula is C22H20N4O2S2. The standard InChI is InChI=1S/C22H20N4O2S2/c1-13-6-4-5-7-17(13)25-21(27)14(2)29-22-20-19(23-12-24-22)18(26-30-20)15-8-10-16(28-3)11-9-15/h4-12,14H,1-3H3,(H,25,27). The summed E-state index contributed by atoms with van der Waals surface area (Å²) >= 11 is 2.75. The molecule has 2 aromatic carbocycles. The first-order valence-corrected chi connectivity index (χ1v) is 11.0. The molecule has 2 heterocycles. The molecule has 1 N–H and O–H groups in total. The molecular weight excluding hydrogens is 416 g/mol. The number of hydrogen-bond acceptors (Lipinski definition) is 7. The lowest BCUT2D eigenvalue weighted by Crippen LogP contribution is -2.22. The van der Waals surface area contributed by atoms with Crippen LogP contribution in [0.2, 0.25) is 0 Å². The van der Waals surface area contributed by atoms with Crippen LogP contribution >= 0.6 is 23.3 Å². The van der Waals surface area contributed by atoms with Gasteiger partial charge in [0.05, 0.1) is 12.4 Å². The molecule has 0 spiro atoms. The van der Waals surface area contributed by atoms with Crippen molar-refractivity contribution in [1.82, 2.24) is 14.3 Å². The summed E-state index contributed by atoms with van der Waals surface area (Å²) in [5, 5.41) is 3.42. The Hall–Kier alpha value is -2.97. The van der Waals surface area contributed by atoms with E-state index in [1.165, 1.54) is 29.6 Å². The third-order valence-electron chi connectivity index (χ3n) is 4.65. The topological polar surface area (TPSA) is 77.0 Å². The van der Waals surface area contributed by atoms with E-state index in [9.17, 15) is 4.79 Å². The van der Waals surface area contributed by atoms with Crippen molar-refractivity contribution in [3.8, 4) is 17.0 Å². The summed E-state index contributed by atoms with van der Waals surface area (Å²) in [7, 11) is 1.64. The number of nitrogens with zero attached hydrogens (tertiary/aromatic N) is 3. The normalized spacial score (nSPS) is 12.0. The van der Waals surface area contributed by atoms with Crippen molar-refractivity contribution in [2.45, 2.75) is 24.1 Å². The number of thioether (sulfide) groups is 1. The van der Waals surface area contributed by atoms with Gasteiger partial charge in [-0.05, 0) is 61.3 Å². The van der Waals surface area contributed by atoms with E-state index in [1.54, 1.807) is 7.11 Å². The second kappa shape index (κ2) is 8.81. The number of anilines is 1. The van der Waals surface area contributed by atoms with Crippen LogP contribution in [-0.2, 0) is 4.79 Å². The first-order valence-electron chi connectivity index (χ1n) is 9.34. The van der Waals surface area contributed by atoms with E-state index in [2.05, 4.69) is 19.7 Å². The molecule has 0 saturated carbocycles. The molecule has 1 atom stereocenters. The number of hydrogen-bond donors (Lipinski definition) is 1. The zero-order valence-electron chi connectivity index (χ0n) is 16.7. The fraction of sp³-hybridized carbons (Fsp3) is 0.182. The van der Waals surface area contributed by atoms with Gasteiger partial charge in [0.1, 0.15) is 33.0 Å². The van der Waals surface area contributed by atoms with Crippen molar-refractivity contribution in [2.24, 2.45) is 0 Å². The number of carbonyl (C=O) groups excluding carboxylic acids is 1. The van der Waals surface area contributed by atoms with Crippen molar-refractivity contribution < 1.29 is 9.53 Å². The predicted octanol–water partition coefficient (Wildman–Crippen LogP) is 5.19. The molecule has 0 aliphatic rings. The van der Waals surface area contributed by atoms with Crippen molar-refractivity contribution in [2.75, 3.05) is 12.4 Å². The molecule has 0 aliphatic carbocycles. The summed E-state index contributed by atoms with van der Waals surface area (Å²) < 4.78 is 10.7. The minimum absolute atomic E-state index is 0.0686. The maximum Gasteiger partial charge on any atom is 0.237 e. The van der Waals surface area contributed by atoms with Gasteiger partial charge in [0.15, 0.2) is 0 Å². The molecule has 152 valence electrons. The van der Waals surface area contributed by atoms with Gasteiger partial charge >= 0.3 is 0 Å². The molecule has 2 aromatic heterocycles. The summed E-state index contributed by atoms with van der Waals surface area (Å²) in [5.74, 6) is 0.721. The summed E-state index contributed by atoms with van der Waals surface area (Å²) in [4.78, 5) is 21.5. The van der Waals surface area contributed by atoms with Gasteiger partial charge in [-0.25, -0.2) is 9.97 Å². The van der Waals surface area contributed by atoms with Gasteiger partial charge in [-0.2, -0.15) is 4.37 Å². The van der Waals surface area contributed by atoms with Crippen LogP contribution in [0.1, 0.15) is 12.5 Å². The average molecular weight is 437 g/mol. The van der Waals surface area contributed by atoms with E-state index in [-0.39, 0.29) is 11.2 Å². The first kappa shape index (κ1) is 20.3. The van der Waals surface area contributed by atoms with Crippen molar-refractivity contribution in [1.29, 1.82) is 0 Å². The largest absolute Gasteiger partial charge is 0.497 e. The van der Waals surface area contributed by atoms with Crippen LogP contribution in [-0.4, -0.2) is 32.6 Å². The number of aromatic nitrogens is 3. The molecule has 8 heteroatoms. The number of aryl methyl sites for hydroxylation is 1. The monoisotopic (exact) mass is 436 g/mol. The fourth-order valence-electron chi connectivity index (χ4n) is 2.93. The highest BCUT2D eigenvalue weighted by atomic mass is 32.2. The number of carbonyl (C=O) groups is 1. The van der Waals surface area contributed by atoms with Crippen LogP contribution in [0.15, 0.2) is 59.9 Å². The first-order chi connectivity index (χ1) is 14.6. The summed E-state index contributed by atoms with van der Waals surface area (Å²) in [6, 6.07) is 15.4. The van der Waals surface area contributed by atoms with Gasteiger partial charge in [-0.15, -0.1) is 0 Å². The summed E-state index contributed by atoms with van der Waals surface area (Å²) in [5.41, 5.74) is 4.40. The molecule has 4 rings (SSSR count). The number of para-hydroxylation sites is 1. The van der Waals surface area contributed by atoms with Crippen LogP contribution in [0.3, 0.4) is 0 Å². The Morgan fingerprint density at radius 1 is 1.13 bits per heavy atom. The maximum atomic E-state index is 12.7. The van der Waals surface area contributed by atoms with E-state index in [4.69, 9.17) is 4.74 Å². The number of methoxy groups -OCH3 is 1. The van der Waals surface area contributed by atoms with Gasteiger partial charge in [-0.1, -0.05) is 30.0 Å². The number of nitrogens with one attached hydrogen (secondary N) is 1. The third kappa shape index (κ3) is 4.15. The van der Waals surface area contributed by atoms with Crippen molar-refractivity contribution >= 4 is 45.1 Å². The molecule has 0 radical (unpaired) electrons. The highest BCUT2D eigenvalue weighted by Gasteiger charge is 2.20. The Kier molecular flexibility index (Phi) is 5.96. The Labute approximate surface area is 182 Å². The van der Waals surface area contributed by atoms with Gasteiger partial charge in [0.2, 0.25) is 5.91 Å². The van der Waals surface area contributed by atoms with Crippen LogP contribution in [0, 0.1) is 6.92 Å². The molecule has 0 bridgehead atoms.